The molecule has 2 N–H and O–H groups in total. The number of amides is 1. The number of hydrogen-bond acceptors (Lipinski definition) is 5. The van der Waals surface area contributed by atoms with Gasteiger partial charge in [-0.3, -0.25) is 4.79 Å². The minimum absolute atomic E-state index is 0.0166. The molecule has 6 nitrogen and oxygen atoms in total. The largest absolute Gasteiger partial charge is 0.464 e. The second kappa shape index (κ2) is 8.05. The maximum absolute atomic E-state index is 11.6. The van der Waals surface area contributed by atoms with Gasteiger partial charge in [0.1, 0.15) is 6.61 Å². The van der Waals surface area contributed by atoms with Crippen molar-refractivity contribution in [2.75, 3.05) is 26.4 Å². The molecule has 1 fully saturated rings. The summed E-state index contributed by atoms with van der Waals surface area (Å²) in [5, 5.41) is 5.95. The monoisotopic (exact) mass is 258 g/mol. The van der Waals surface area contributed by atoms with Crippen molar-refractivity contribution in [3.8, 4) is 0 Å². The van der Waals surface area contributed by atoms with Crippen LogP contribution in [0.1, 0.15) is 26.7 Å². The standard InChI is InChI=1S/C12H22N2O4/c1-3-18-11(15)8-17-7-6-13-9(2)12(16)14-10-4-5-10/h9-10,13H,3-8H2,1-2H3,(H,14,16). The van der Waals surface area contributed by atoms with Crippen LogP contribution in [0.4, 0.5) is 0 Å². The Kier molecular flexibility index (Phi) is 6.67. The first kappa shape index (κ1) is 14.9. The lowest BCUT2D eigenvalue weighted by molar-refractivity contribution is -0.148. The van der Waals surface area contributed by atoms with Gasteiger partial charge in [-0.05, 0) is 26.7 Å². The van der Waals surface area contributed by atoms with E-state index in [2.05, 4.69) is 10.6 Å². The number of carbonyl (C=O) groups excluding carboxylic acids is 2. The number of rotatable bonds is 9. The Morgan fingerprint density at radius 3 is 2.72 bits per heavy atom. The first-order valence-electron chi connectivity index (χ1n) is 6.40. The van der Waals surface area contributed by atoms with E-state index in [1.165, 1.54) is 0 Å². The predicted molar refractivity (Wildman–Crippen MR) is 66.1 cm³/mol. The maximum Gasteiger partial charge on any atom is 0.332 e. The molecular weight excluding hydrogens is 236 g/mol. The van der Waals surface area contributed by atoms with Gasteiger partial charge >= 0.3 is 5.97 Å². The van der Waals surface area contributed by atoms with E-state index in [-0.39, 0.29) is 24.5 Å². The predicted octanol–water partition coefficient (Wildman–Crippen LogP) is -0.177. The number of nitrogens with one attached hydrogen (secondary N) is 2. The molecule has 1 aliphatic carbocycles. The lowest BCUT2D eigenvalue weighted by Crippen LogP contribution is -2.44. The van der Waals surface area contributed by atoms with Crippen molar-refractivity contribution in [1.82, 2.24) is 10.6 Å². The highest BCUT2D eigenvalue weighted by molar-refractivity contribution is 5.81. The van der Waals surface area contributed by atoms with Gasteiger partial charge in [0.25, 0.3) is 0 Å². The van der Waals surface area contributed by atoms with Gasteiger partial charge in [0.05, 0.1) is 19.3 Å². The second-order valence-corrected chi connectivity index (χ2v) is 4.32. The second-order valence-electron chi connectivity index (χ2n) is 4.32. The SMILES string of the molecule is CCOC(=O)COCCNC(C)C(=O)NC1CC1. The minimum atomic E-state index is -0.364. The molecule has 6 heteroatoms. The van der Waals surface area contributed by atoms with E-state index in [0.29, 0.717) is 25.8 Å². The Bertz CT molecular complexity index is 279. The summed E-state index contributed by atoms with van der Waals surface area (Å²) in [6, 6.07) is 0.138. The summed E-state index contributed by atoms with van der Waals surface area (Å²) in [6.45, 7) is 4.78. The fourth-order valence-corrected chi connectivity index (χ4v) is 1.35. The summed E-state index contributed by atoms with van der Waals surface area (Å²) in [4.78, 5) is 22.5. The maximum atomic E-state index is 11.6. The zero-order chi connectivity index (χ0) is 13.4. The quantitative estimate of drug-likeness (QED) is 0.443. The van der Waals surface area contributed by atoms with Crippen LogP contribution in [-0.4, -0.2) is 50.3 Å². The van der Waals surface area contributed by atoms with Crippen LogP contribution in [0.5, 0.6) is 0 Å². The Labute approximate surface area is 107 Å². The fourth-order valence-electron chi connectivity index (χ4n) is 1.35. The first-order chi connectivity index (χ1) is 8.63. The summed E-state index contributed by atoms with van der Waals surface area (Å²) in [6.07, 6.45) is 2.17. The average molecular weight is 258 g/mol. The fraction of sp³-hybridized carbons (Fsp3) is 0.833. The molecule has 1 saturated carbocycles. The molecule has 1 aliphatic rings. The summed E-state index contributed by atoms with van der Waals surface area (Å²) in [5.41, 5.74) is 0. The molecule has 0 bridgehead atoms. The molecule has 0 spiro atoms. The minimum Gasteiger partial charge on any atom is -0.464 e. The van der Waals surface area contributed by atoms with Crippen LogP contribution >= 0.6 is 0 Å². The molecular formula is C12H22N2O4. The van der Waals surface area contributed by atoms with Crippen LogP contribution in [0.15, 0.2) is 0 Å². The van der Waals surface area contributed by atoms with E-state index < -0.39 is 0 Å². The third-order valence-electron chi connectivity index (χ3n) is 2.54. The van der Waals surface area contributed by atoms with E-state index in [1.807, 2.05) is 6.92 Å². The Morgan fingerprint density at radius 2 is 2.11 bits per heavy atom. The summed E-state index contributed by atoms with van der Waals surface area (Å²) in [7, 11) is 0. The lowest BCUT2D eigenvalue weighted by Gasteiger charge is -2.13. The van der Waals surface area contributed by atoms with Crippen LogP contribution in [-0.2, 0) is 19.1 Å². The summed E-state index contributed by atoms with van der Waals surface area (Å²) in [5.74, 6) is -0.347. The molecule has 0 aromatic rings. The summed E-state index contributed by atoms with van der Waals surface area (Å²) >= 11 is 0. The Morgan fingerprint density at radius 1 is 1.39 bits per heavy atom. The summed E-state index contributed by atoms with van der Waals surface area (Å²) < 4.78 is 9.81. The Balaban J connectivity index is 1.95. The van der Waals surface area contributed by atoms with Crippen molar-refractivity contribution in [3.63, 3.8) is 0 Å². The molecule has 1 rings (SSSR count). The zero-order valence-corrected chi connectivity index (χ0v) is 11.0. The molecule has 1 amide bonds. The van der Waals surface area contributed by atoms with E-state index in [0.717, 1.165) is 12.8 Å². The van der Waals surface area contributed by atoms with Crippen molar-refractivity contribution in [3.05, 3.63) is 0 Å². The third kappa shape index (κ3) is 6.56. The van der Waals surface area contributed by atoms with Crippen LogP contribution in [0.3, 0.4) is 0 Å². The van der Waals surface area contributed by atoms with Crippen molar-refractivity contribution >= 4 is 11.9 Å². The Hall–Kier alpha value is -1.14. The van der Waals surface area contributed by atoms with Crippen molar-refractivity contribution in [2.24, 2.45) is 0 Å². The molecule has 0 radical (unpaired) electrons. The van der Waals surface area contributed by atoms with Crippen LogP contribution in [0.25, 0.3) is 0 Å². The van der Waals surface area contributed by atoms with Gasteiger partial charge in [0.15, 0.2) is 0 Å². The number of hydrogen-bond donors (Lipinski definition) is 2. The van der Waals surface area contributed by atoms with Gasteiger partial charge in [-0.15, -0.1) is 0 Å². The molecule has 0 aliphatic heterocycles. The topological polar surface area (TPSA) is 76.7 Å². The van der Waals surface area contributed by atoms with Gasteiger partial charge in [0, 0.05) is 12.6 Å². The van der Waals surface area contributed by atoms with E-state index in [1.54, 1.807) is 6.92 Å². The van der Waals surface area contributed by atoms with E-state index in [4.69, 9.17) is 9.47 Å². The first-order valence-corrected chi connectivity index (χ1v) is 6.40. The highest BCUT2D eigenvalue weighted by atomic mass is 16.6. The van der Waals surface area contributed by atoms with Gasteiger partial charge < -0.3 is 20.1 Å². The van der Waals surface area contributed by atoms with Gasteiger partial charge in [-0.1, -0.05) is 0 Å². The molecule has 104 valence electrons. The molecule has 18 heavy (non-hydrogen) atoms. The third-order valence-corrected chi connectivity index (χ3v) is 2.54. The van der Waals surface area contributed by atoms with Crippen molar-refractivity contribution in [1.29, 1.82) is 0 Å². The smallest absolute Gasteiger partial charge is 0.332 e. The van der Waals surface area contributed by atoms with Crippen LogP contribution < -0.4 is 10.6 Å². The molecule has 0 aromatic heterocycles. The average Bonchev–Trinajstić information content (AvgIpc) is 3.12. The molecule has 0 saturated heterocycles. The van der Waals surface area contributed by atoms with Crippen LogP contribution in [0.2, 0.25) is 0 Å². The number of ether oxygens (including phenoxy) is 2. The van der Waals surface area contributed by atoms with Gasteiger partial charge in [-0.2, -0.15) is 0 Å². The van der Waals surface area contributed by atoms with Crippen molar-refractivity contribution in [2.45, 2.75) is 38.8 Å². The van der Waals surface area contributed by atoms with Gasteiger partial charge in [-0.25, -0.2) is 4.79 Å². The van der Waals surface area contributed by atoms with E-state index >= 15 is 0 Å². The highest BCUT2D eigenvalue weighted by Gasteiger charge is 2.25. The highest BCUT2D eigenvalue weighted by Crippen LogP contribution is 2.18. The normalized spacial score (nSPS) is 16.1. The lowest BCUT2D eigenvalue weighted by atomic mass is 10.3. The number of esters is 1. The van der Waals surface area contributed by atoms with Crippen LogP contribution in [0, 0.1) is 0 Å². The number of carbonyl (C=O) groups is 2. The molecule has 0 heterocycles. The molecule has 1 unspecified atom stereocenters. The zero-order valence-electron chi connectivity index (χ0n) is 11.0. The molecule has 0 aromatic carbocycles. The van der Waals surface area contributed by atoms with Gasteiger partial charge in [0.2, 0.25) is 5.91 Å². The molecule has 1 atom stereocenters. The van der Waals surface area contributed by atoms with Crippen molar-refractivity contribution < 1.29 is 19.1 Å². The van der Waals surface area contributed by atoms with E-state index in [9.17, 15) is 9.59 Å².